The second kappa shape index (κ2) is 11.9. The Morgan fingerprint density at radius 2 is 1.93 bits per heavy atom. The molecule has 0 bridgehead atoms. The summed E-state index contributed by atoms with van der Waals surface area (Å²) >= 11 is 0.917. The minimum Gasteiger partial charge on any atom is -0.443 e. The maximum atomic E-state index is 15.3. The highest BCUT2D eigenvalue weighted by atomic mass is 32.1. The zero-order chi connectivity index (χ0) is 29.1. The third-order valence-corrected chi connectivity index (χ3v) is 7.17. The number of anilines is 2. The summed E-state index contributed by atoms with van der Waals surface area (Å²) in [6, 6.07) is 12.3. The van der Waals surface area contributed by atoms with Crippen LogP contribution >= 0.6 is 11.7 Å². The van der Waals surface area contributed by atoms with Crippen molar-refractivity contribution in [1.82, 2.24) is 13.6 Å². The normalized spacial score (nSPS) is 17.8. The number of amides is 2. The van der Waals surface area contributed by atoms with Gasteiger partial charge in [0, 0.05) is 25.2 Å². The maximum Gasteiger partial charge on any atom is 0.416 e. The molecule has 2 amide bonds. The summed E-state index contributed by atoms with van der Waals surface area (Å²) in [5.41, 5.74) is 0.978. The minimum atomic E-state index is -0.792. The Kier molecular flexibility index (Phi) is 8.32. The van der Waals surface area contributed by atoms with Gasteiger partial charge in [0.15, 0.2) is 5.82 Å². The largest absolute Gasteiger partial charge is 0.443 e. The number of carbonyl (C=O) groups is 2. The number of halogens is 2. The maximum absolute atomic E-state index is 15.3. The van der Waals surface area contributed by atoms with Gasteiger partial charge in [-0.25, -0.2) is 18.4 Å². The van der Waals surface area contributed by atoms with Crippen LogP contribution in [0.4, 0.5) is 29.9 Å². The Bertz CT molecular complexity index is 1410. The number of aromatic nitrogens is 2. The zero-order valence-electron chi connectivity index (χ0n) is 23.0. The molecule has 3 aromatic rings. The number of carbonyl (C=O) groups excluding carboxylic acids is 2. The summed E-state index contributed by atoms with van der Waals surface area (Å²) in [6.07, 6.45) is 1.53. The highest BCUT2D eigenvalue weighted by Gasteiger charge is 2.37. The molecule has 2 aliphatic heterocycles. The average Bonchev–Trinajstić information content (AvgIpc) is 3.57. The molecule has 0 unspecified atom stereocenters. The number of cyclic esters (lactones) is 1. The van der Waals surface area contributed by atoms with Crippen LogP contribution in [0.25, 0.3) is 5.57 Å². The molecule has 0 saturated carbocycles. The van der Waals surface area contributed by atoms with Crippen molar-refractivity contribution in [2.75, 3.05) is 36.0 Å². The minimum absolute atomic E-state index is 0.0228. The fourth-order valence-electron chi connectivity index (χ4n) is 4.83. The summed E-state index contributed by atoms with van der Waals surface area (Å²) in [5.74, 6) is -1.24. The molecule has 1 saturated heterocycles. The second-order valence-electron chi connectivity index (χ2n) is 11.0. The first-order chi connectivity index (χ1) is 19.6. The van der Waals surface area contributed by atoms with Crippen LogP contribution in [0.2, 0.25) is 0 Å². The number of hydrogen-bond acceptors (Lipinski definition) is 8. The van der Waals surface area contributed by atoms with Crippen molar-refractivity contribution in [3.8, 4) is 0 Å². The quantitative estimate of drug-likeness (QED) is 0.344. The van der Waals surface area contributed by atoms with Crippen molar-refractivity contribution in [2.45, 2.75) is 45.4 Å². The number of benzene rings is 2. The number of rotatable bonds is 7. The third-order valence-electron chi connectivity index (χ3n) is 6.70. The van der Waals surface area contributed by atoms with Crippen LogP contribution in [-0.2, 0) is 16.0 Å². The van der Waals surface area contributed by atoms with Gasteiger partial charge in [0.2, 0.25) is 0 Å². The van der Waals surface area contributed by atoms with Gasteiger partial charge in [-0.2, -0.15) is 8.75 Å². The van der Waals surface area contributed by atoms with Crippen LogP contribution in [0, 0.1) is 11.6 Å². The molecule has 41 heavy (non-hydrogen) atoms. The molecule has 9 nitrogen and oxygen atoms in total. The molecule has 2 aliphatic rings. The molecular formula is C29H31F2N5O4S. The molecule has 0 N–H and O–H groups in total. The molecule has 12 heteroatoms. The lowest BCUT2D eigenvalue weighted by atomic mass is 9.97. The molecule has 2 aromatic carbocycles. The van der Waals surface area contributed by atoms with Crippen LogP contribution < -0.4 is 9.80 Å². The van der Waals surface area contributed by atoms with E-state index in [1.165, 1.54) is 16.7 Å². The van der Waals surface area contributed by atoms with E-state index >= 15 is 8.78 Å². The van der Waals surface area contributed by atoms with Gasteiger partial charge in [-0.1, -0.05) is 36.4 Å². The summed E-state index contributed by atoms with van der Waals surface area (Å²) in [4.78, 5) is 30.2. The predicted molar refractivity (Wildman–Crippen MR) is 152 cm³/mol. The van der Waals surface area contributed by atoms with E-state index < -0.39 is 35.5 Å². The van der Waals surface area contributed by atoms with E-state index in [0.29, 0.717) is 25.1 Å². The predicted octanol–water partition coefficient (Wildman–Crippen LogP) is 5.87. The highest BCUT2D eigenvalue weighted by molar-refractivity contribution is 6.99. The Morgan fingerprint density at radius 3 is 2.54 bits per heavy atom. The molecule has 3 heterocycles. The van der Waals surface area contributed by atoms with Gasteiger partial charge in [0.1, 0.15) is 23.3 Å². The van der Waals surface area contributed by atoms with Crippen molar-refractivity contribution >= 4 is 41.0 Å². The van der Waals surface area contributed by atoms with Gasteiger partial charge in [-0.15, -0.1) is 0 Å². The van der Waals surface area contributed by atoms with E-state index in [1.807, 2.05) is 24.3 Å². The molecule has 5 rings (SSSR count). The van der Waals surface area contributed by atoms with Gasteiger partial charge in [0.25, 0.3) is 0 Å². The Balaban J connectivity index is 1.27. The van der Waals surface area contributed by atoms with Crippen molar-refractivity contribution in [3.63, 3.8) is 0 Å². The van der Waals surface area contributed by atoms with Crippen molar-refractivity contribution in [1.29, 1.82) is 0 Å². The van der Waals surface area contributed by atoms with Crippen LogP contribution in [-0.4, -0.2) is 63.7 Å². The van der Waals surface area contributed by atoms with Crippen molar-refractivity contribution in [2.24, 2.45) is 0 Å². The first-order valence-corrected chi connectivity index (χ1v) is 14.0. The summed E-state index contributed by atoms with van der Waals surface area (Å²) in [7, 11) is 0. The average molecular weight is 584 g/mol. The van der Waals surface area contributed by atoms with E-state index in [9.17, 15) is 9.59 Å². The smallest absolute Gasteiger partial charge is 0.416 e. The van der Waals surface area contributed by atoms with Crippen LogP contribution in [0.15, 0.2) is 54.7 Å². The SMILES string of the molecule is CC(C)(C)OC(=O)N(C[C@H]1CN(c2cc(F)c(C3=CCN(Cc4ccccc4)CC3)c(F)c2)C(=O)O1)c1cnsn1. The molecule has 0 aliphatic carbocycles. The standard InChI is InChI=1S/C29H31F2N5O4S/c1-29(2,3)40-28(38)36(25-15-32-41-33-25)18-22-17-35(27(37)39-22)21-13-23(30)26(24(31)14-21)20-9-11-34(12-10-20)16-19-7-5-4-6-8-19/h4-9,13-15,22H,10-12,16-18H2,1-3H3/t22-/m1/s1. The lowest BCUT2D eigenvalue weighted by molar-refractivity contribution is 0.0557. The van der Waals surface area contributed by atoms with E-state index in [0.717, 1.165) is 35.3 Å². The Morgan fingerprint density at radius 1 is 1.20 bits per heavy atom. The van der Waals surface area contributed by atoms with Gasteiger partial charge in [-0.05, 0) is 50.5 Å². The number of ether oxygens (including phenoxy) is 2. The van der Waals surface area contributed by atoms with E-state index in [-0.39, 0.29) is 30.2 Å². The van der Waals surface area contributed by atoms with Crippen LogP contribution in [0.5, 0.6) is 0 Å². The second-order valence-corrected chi connectivity index (χ2v) is 11.5. The van der Waals surface area contributed by atoms with Gasteiger partial charge in [-0.3, -0.25) is 14.7 Å². The molecule has 1 fully saturated rings. The van der Waals surface area contributed by atoms with E-state index in [4.69, 9.17) is 9.47 Å². The third kappa shape index (κ3) is 6.88. The Labute approximate surface area is 241 Å². The van der Waals surface area contributed by atoms with Crippen molar-refractivity contribution < 1.29 is 27.8 Å². The van der Waals surface area contributed by atoms with Gasteiger partial charge >= 0.3 is 12.2 Å². The Hall–Kier alpha value is -3.90. The molecule has 0 radical (unpaired) electrons. The fourth-order valence-corrected chi connectivity index (χ4v) is 5.25. The fraction of sp³-hybridized carbons (Fsp3) is 0.379. The van der Waals surface area contributed by atoms with Crippen LogP contribution in [0.3, 0.4) is 0 Å². The lowest BCUT2D eigenvalue weighted by Gasteiger charge is -2.27. The van der Waals surface area contributed by atoms with Gasteiger partial charge in [0.05, 0.1) is 36.7 Å². The van der Waals surface area contributed by atoms with Crippen molar-refractivity contribution in [3.05, 3.63) is 77.5 Å². The number of nitrogens with zero attached hydrogens (tertiary/aromatic N) is 5. The molecule has 216 valence electrons. The molecule has 0 spiro atoms. The van der Waals surface area contributed by atoms with Crippen LogP contribution in [0.1, 0.15) is 38.3 Å². The summed E-state index contributed by atoms with van der Waals surface area (Å²) in [6.45, 7) is 7.11. The highest BCUT2D eigenvalue weighted by Crippen LogP contribution is 2.33. The van der Waals surface area contributed by atoms with Gasteiger partial charge < -0.3 is 9.47 Å². The van der Waals surface area contributed by atoms with E-state index in [1.54, 1.807) is 20.8 Å². The van der Waals surface area contributed by atoms with E-state index in [2.05, 4.69) is 25.8 Å². The topological polar surface area (TPSA) is 88.1 Å². The zero-order valence-corrected chi connectivity index (χ0v) is 23.9. The summed E-state index contributed by atoms with van der Waals surface area (Å²) < 4.78 is 49.6. The summed E-state index contributed by atoms with van der Waals surface area (Å²) in [5, 5.41) is 0. The molecular weight excluding hydrogens is 552 g/mol. The number of hydrogen-bond donors (Lipinski definition) is 0. The molecule has 1 aromatic heterocycles. The first kappa shape index (κ1) is 28.6. The molecule has 1 atom stereocenters. The lowest BCUT2D eigenvalue weighted by Crippen LogP contribution is -2.42. The monoisotopic (exact) mass is 583 g/mol. The first-order valence-electron chi connectivity index (χ1n) is 13.3.